The summed E-state index contributed by atoms with van der Waals surface area (Å²) in [7, 11) is 0. The van der Waals surface area contributed by atoms with E-state index in [4.69, 9.17) is 5.73 Å². The summed E-state index contributed by atoms with van der Waals surface area (Å²) in [5, 5.41) is 2.96. The Hall–Kier alpha value is -1.61. The number of amides is 1. The van der Waals surface area contributed by atoms with E-state index in [-0.39, 0.29) is 17.9 Å². The third kappa shape index (κ3) is 3.67. The van der Waals surface area contributed by atoms with Gasteiger partial charge >= 0.3 is 0 Å². The quantitative estimate of drug-likeness (QED) is 0.814. The van der Waals surface area contributed by atoms with Gasteiger partial charge in [-0.25, -0.2) is 0 Å². The molecule has 0 bridgehead atoms. The fraction of sp³-hybridized carbons (Fsp3) is 0.438. The van der Waals surface area contributed by atoms with E-state index in [0.29, 0.717) is 12.5 Å². The van der Waals surface area contributed by atoms with Crippen LogP contribution in [-0.2, 0) is 11.3 Å². The molecule has 0 saturated heterocycles. The second-order valence-corrected chi connectivity index (χ2v) is 5.51. The molecule has 2 rings (SSSR count). The van der Waals surface area contributed by atoms with Gasteiger partial charge in [-0.05, 0) is 23.5 Å². The average Bonchev–Trinajstić information content (AvgIpc) is 2.83. The van der Waals surface area contributed by atoms with Crippen LogP contribution >= 0.6 is 0 Å². The van der Waals surface area contributed by atoms with Crippen LogP contribution in [0.25, 0.3) is 0 Å². The van der Waals surface area contributed by atoms with Gasteiger partial charge in [-0.3, -0.25) is 4.79 Å². The lowest BCUT2D eigenvalue weighted by Crippen LogP contribution is -2.30. The second kappa shape index (κ2) is 6.02. The maximum absolute atomic E-state index is 11.9. The molecule has 1 aromatic carbocycles. The minimum Gasteiger partial charge on any atom is -0.352 e. The topological polar surface area (TPSA) is 55.1 Å². The first-order chi connectivity index (χ1) is 9.06. The van der Waals surface area contributed by atoms with Gasteiger partial charge in [-0.15, -0.1) is 0 Å². The van der Waals surface area contributed by atoms with Crippen molar-refractivity contribution in [1.82, 2.24) is 5.32 Å². The molecule has 2 unspecified atom stereocenters. The standard InChI is InChI=1S/C16H22N2O/c1-11(2)13-5-3-12(4-6-13)10-18-16(19)14-7-8-15(17)9-14/h3-8,11,14-15H,9-10,17H2,1-2H3,(H,18,19). The van der Waals surface area contributed by atoms with Gasteiger partial charge in [0.15, 0.2) is 0 Å². The number of nitrogens with one attached hydrogen (secondary N) is 1. The van der Waals surface area contributed by atoms with Crippen LogP contribution in [0.4, 0.5) is 0 Å². The minimum atomic E-state index is -0.0649. The molecular formula is C16H22N2O. The zero-order valence-electron chi connectivity index (χ0n) is 11.6. The van der Waals surface area contributed by atoms with E-state index in [9.17, 15) is 4.79 Å². The molecule has 1 aliphatic rings. The third-order valence-corrected chi connectivity index (χ3v) is 3.57. The highest BCUT2D eigenvalue weighted by atomic mass is 16.1. The molecule has 0 aromatic heterocycles. The van der Waals surface area contributed by atoms with Crippen molar-refractivity contribution in [1.29, 1.82) is 0 Å². The molecule has 2 atom stereocenters. The second-order valence-electron chi connectivity index (χ2n) is 5.51. The van der Waals surface area contributed by atoms with Crippen LogP contribution < -0.4 is 11.1 Å². The van der Waals surface area contributed by atoms with Crippen molar-refractivity contribution < 1.29 is 4.79 Å². The summed E-state index contributed by atoms with van der Waals surface area (Å²) in [5.41, 5.74) is 8.20. The molecule has 102 valence electrons. The molecule has 0 heterocycles. The lowest BCUT2D eigenvalue weighted by Gasteiger charge is -2.11. The first-order valence-electron chi connectivity index (χ1n) is 6.86. The summed E-state index contributed by atoms with van der Waals surface area (Å²) in [5.74, 6) is 0.538. The minimum absolute atomic E-state index is 0.0288. The molecule has 1 amide bonds. The molecule has 3 heteroatoms. The predicted molar refractivity (Wildman–Crippen MR) is 77.6 cm³/mol. The Balaban J connectivity index is 1.85. The molecule has 0 spiro atoms. The van der Waals surface area contributed by atoms with Crippen molar-refractivity contribution in [2.75, 3.05) is 0 Å². The summed E-state index contributed by atoms with van der Waals surface area (Å²) in [6.07, 6.45) is 4.53. The Bertz CT molecular complexity index is 462. The van der Waals surface area contributed by atoms with Crippen LogP contribution in [0.15, 0.2) is 36.4 Å². The van der Waals surface area contributed by atoms with Gasteiger partial charge in [0, 0.05) is 12.6 Å². The van der Waals surface area contributed by atoms with E-state index in [1.165, 1.54) is 5.56 Å². The van der Waals surface area contributed by atoms with Gasteiger partial charge in [0.1, 0.15) is 0 Å². The summed E-state index contributed by atoms with van der Waals surface area (Å²) < 4.78 is 0. The fourth-order valence-electron chi connectivity index (χ4n) is 2.26. The Labute approximate surface area is 114 Å². The molecule has 0 saturated carbocycles. The van der Waals surface area contributed by atoms with E-state index in [1.807, 2.05) is 12.2 Å². The lowest BCUT2D eigenvalue weighted by atomic mass is 10.0. The van der Waals surface area contributed by atoms with Crippen molar-refractivity contribution >= 4 is 5.91 Å². The number of benzene rings is 1. The summed E-state index contributed by atoms with van der Waals surface area (Å²) in [4.78, 5) is 11.9. The van der Waals surface area contributed by atoms with Crippen molar-refractivity contribution in [3.05, 3.63) is 47.5 Å². The molecule has 0 aliphatic heterocycles. The molecule has 19 heavy (non-hydrogen) atoms. The smallest absolute Gasteiger partial charge is 0.227 e. The van der Waals surface area contributed by atoms with Gasteiger partial charge in [0.2, 0.25) is 5.91 Å². The fourth-order valence-corrected chi connectivity index (χ4v) is 2.26. The number of rotatable bonds is 4. The SMILES string of the molecule is CC(C)c1ccc(CNC(=O)C2C=CC(N)C2)cc1. The van der Waals surface area contributed by atoms with E-state index in [0.717, 1.165) is 12.0 Å². The van der Waals surface area contributed by atoms with E-state index in [1.54, 1.807) is 0 Å². The lowest BCUT2D eigenvalue weighted by molar-refractivity contribution is -0.123. The van der Waals surface area contributed by atoms with Crippen LogP contribution in [0.3, 0.4) is 0 Å². The normalized spacial score (nSPS) is 21.9. The van der Waals surface area contributed by atoms with Crippen LogP contribution in [0.2, 0.25) is 0 Å². The highest BCUT2D eigenvalue weighted by molar-refractivity contribution is 5.81. The van der Waals surface area contributed by atoms with Crippen LogP contribution in [0.1, 0.15) is 37.3 Å². The number of hydrogen-bond donors (Lipinski definition) is 2. The Morgan fingerprint density at radius 2 is 2.00 bits per heavy atom. The van der Waals surface area contributed by atoms with Gasteiger partial charge < -0.3 is 11.1 Å². The van der Waals surface area contributed by atoms with Gasteiger partial charge in [-0.1, -0.05) is 50.3 Å². The first-order valence-corrected chi connectivity index (χ1v) is 6.86. The Kier molecular flexibility index (Phi) is 4.38. The van der Waals surface area contributed by atoms with Crippen molar-refractivity contribution in [3.8, 4) is 0 Å². The first kappa shape index (κ1) is 13.8. The Morgan fingerprint density at radius 3 is 2.53 bits per heavy atom. The highest BCUT2D eigenvalue weighted by Crippen LogP contribution is 2.17. The molecule has 1 aliphatic carbocycles. The average molecular weight is 258 g/mol. The molecular weight excluding hydrogens is 236 g/mol. The van der Waals surface area contributed by atoms with Crippen molar-refractivity contribution in [2.24, 2.45) is 11.7 Å². The predicted octanol–water partition coefficient (Wildman–Crippen LogP) is 2.33. The van der Waals surface area contributed by atoms with E-state index >= 15 is 0 Å². The maximum Gasteiger partial charge on any atom is 0.227 e. The molecule has 3 nitrogen and oxygen atoms in total. The van der Waals surface area contributed by atoms with E-state index in [2.05, 4.69) is 43.4 Å². The zero-order valence-corrected chi connectivity index (χ0v) is 11.6. The summed E-state index contributed by atoms with van der Waals surface area (Å²) in [6, 6.07) is 8.42. The van der Waals surface area contributed by atoms with Crippen LogP contribution in [-0.4, -0.2) is 11.9 Å². The number of carbonyl (C=O) groups is 1. The molecule has 0 radical (unpaired) electrons. The molecule has 1 aromatic rings. The Morgan fingerprint density at radius 1 is 1.32 bits per heavy atom. The number of carbonyl (C=O) groups excluding carboxylic acids is 1. The van der Waals surface area contributed by atoms with Crippen LogP contribution in [0, 0.1) is 5.92 Å². The number of hydrogen-bond acceptors (Lipinski definition) is 2. The van der Waals surface area contributed by atoms with Gasteiger partial charge in [0.25, 0.3) is 0 Å². The summed E-state index contributed by atoms with van der Waals surface area (Å²) >= 11 is 0. The van der Waals surface area contributed by atoms with Crippen molar-refractivity contribution in [2.45, 2.75) is 38.8 Å². The van der Waals surface area contributed by atoms with Gasteiger partial charge in [-0.2, -0.15) is 0 Å². The van der Waals surface area contributed by atoms with Crippen molar-refractivity contribution in [3.63, 3.8) is 0 Å². The van der Waals surface area contributed by atoms with E-state index < -0.39 is 0 Å². The summed E-state index contributed by atoms with van der Waals surface area (Å²) in [6.45, 7) is 4.93. The molecule has 0 fully saturated rings. The maximum atomic E-state index is 11.9. The highest BCUT2D eigenvalue weighted by Gasteiger charge is 2.22. The number of nitrogens with two attached hydrogens (primary N) is 1. The zero-order chi connectivity index (χ0) is 13.8. The largest absolute Gasteiger partial charge is 0.352 e. The molecule has 3 N–H and O–H groups in total. The van der Waals surface area contributed by atoms with Crippen LogP contribution in [0.5, 0.6) is 0 Å². The monoisotopic (exact) mass is 258 g/mol. The van der Waals surface area contributed by atoms with Gasteiger partial charge in [0.05, 0.1) is 5.92 Å². The third-order valence-electron chi connectivity index (χ3n) is 3.57.